The molecule has 0 aliphatic carbocycles. The zero-order valence-corrected chi connectivity index (χ0v) is 14.5. The van der Waals surface area contributed by atoms with Gasteiger partial charge >= 0.3 is 0 Å². The van der Waals surface area contributed by atoms with Crippen LogP contribution in [-0.2, 0) is 13.1 Å². The Morgan fingerprint density at radius 2 is 2.15 bits per heavy atom. The van der Waals surface area contributed by atoms with Gasteiger partial charge in [0, 0.05) is 23.7 Å². The predicted molar refractivity (Wildman–Crippen MR) is 101 cm³/mol. The van der Waals surface area contributed by atoms with E-state index in [-0.39, 0.29) is 6.61 Å². The molecule has 0 saturated carbocycles. The van der Waals surface area contributed by atoms with Crippen molar-refractivity contribution in [3.05, 3.63) is 36.3 Å². The molecule has 8 heteroatoms. The van der Waals surface area contributed by atoms with E-state index in [1.54, 1.807) is 6.20 Å². The smallest absolute Gasteiger partial charge is 0.152 e. The highest BCUT2D eigenvalue weighted by Gasteiger charge is 2.17. The van der Waals surface area contributed by atoms with E-state index in [0.717, 1.165) is 40.0 Å². The lowest BCUT2D eigenvalue weighted by Gasteiger charge is -2.10. The number of aromatic nitrogens is 5. The predicted octanol–water partition coefficient (Wildman–Crippen LogP) is 1.66. The average molecular weight is 351 g/mol. The number of fused-ring (bicyclic) bond motifs is 3. The highest BCUT2D eigenvalue weighted by molar-refractivity contribution is 6.07. The third-order valence-electron chi connectivity index (χ3n) is 4.45. The molecule has 26 heavy (non-hydrogen) atoms. The molecule has 0 atom stereocenters. The van der Waals surface area contributed by atoms with Gasteiger partial charge in [0.25, 0.3) is 0 Å². The number of rotatable bonds is 6. The molecule has 0 saturated heterocycles. The van der Waals surface area contributed by atoms with Crippen molar-refractivity contribution >= 4 is 27.8 Å². The van der Waals surface area contributed by atoms with Gasteiger partial charge in [-0.25, -0.2) is 9.97 Å². The SMILES string of the molecule is CCNCc1nc2c(N)nc3cc(-c4ccn[nH]4)ccc3c2n1CCO. The summed E-state index contributed by atoms with van der Waals surface area (Å²) in [5.74, 6) is 1.23. The van der Waals surface area contributed by atoms with Crippen molar-refractivity contribution in [1.82, 2.24) is 30.0 Å². The summed E-state index contributed by atoms with van der Waals surface area (Å²) in [5, 5.41) is 20.7. The molecule has 1 aromatic carbocycles. The second-order valence-electron chi connectivity index (χ2n) is 6.08. The summed E-state index contributed by atoms with van der Waals surface area (Å²) >= 11 is 0. The normalized spacial score (nSPS) is 11.6. The Morgan fingerprint density at radius 3 is 2.88 bits per heavy atom. The van der Waals surface area contributed by atoms with Crippen LogP contribution in [0, 0.1) is 0 Å². The molecule has 0 aliphatic rings. The molecule has 0 radical (unpaired) electrons. The summed E-state index contributed by atoms with van der Waals surface area (Å²) in [6.07, 6.45) is 1.72. The van der Waals surface area contributed by atoms with E-state index in [1.165, 1.54) is 0 Å². The molecule has 5 N–H and O–H groups in total. The number of aliphatic hydroxyl groups excluding tert-OH is 1. The Labute approximate surface area is 150 Å². The van der Waals surface area contributed by atoms with E-state index in [4.69, 9.17) is 5.73 Å². The summed E-state index contributed by atoms with van der Waals surface area (Å²) in [4.78, 5) is 9.23. The minimum atomic E-state index is 0.0283. The lowest BCUT2D eigenvalue weighted by atomic mass is 10.1. The second kappa shape index (κ2) is 6.74. The fraction of sp³-hybridized carbons (Fsp3) is 0.278. The Balaban J connectivity index is 1.96. The Bertz CT molecular complexity index is 1050. The summed E-state index contributed by atoms with van der Waals surface area (Å²) in [5.41, 5.74) is 10.5. The largest absolute Gasteiger partial charge is 0.395 e. The molecule has 0 aliphatic heterocycles. The molecule has 4 aromatic rings. The molecule has 3 heterocycles. The van der Waals surface area contributed by atoms with Crippen molar-refractivity contribution < 1.29 is 5.11 Å². The number of H-pyrrole nitrogens is 1. The number of anilines is 1. The van der Waals surface area contributed by atoms with Crippen LogP contribution in [0.4, 0.5) is 5.82 Å². The number of aromatic amines is 1. The number of nitrogens with zero attached hydrogens (tertiary/aromatic N) is 4. The second-order valence-corrected chi connectivity index (χ2v) is 6.08. The monoisotopic (exact) mass is 351 g/mol. The summed E-state index contributed by atoms with van der Waals surface area (Å²) in [6, 6.07) is 7.94. The summed E-state index contributed by atoms with van der Waals surface area (Å²) in [6.45, 7) is 3.97. The Hall–Kier alpha value is -2.97. The van der Waals surface area contributed by atoms with E-state index >= 15 is 0 Å². The molecule has 0 fully saturated rings. The van der Waals surface area contributed by atoms with Crippen LogP contribution in [0.5, 0.6) is 0 Å². The first-order valence-electron chi connectivity index (χ1n) is 8.62. The number of nitrogens with one attached hydrogen (secondary N) is 2. The van der Waals surface area contributed by atoms with Gasteiger partial charge in [0.15, 0.2) is 5.82 Å². The lowest BCUT2D eigenvalue weighted by molar-refractivity contribution is 0.276. The third kappa shape index (κ3) is 2.69. The number of nitrogens with two attached hydrogens (primary N) is 1. The van der Waals surface area contributed by atoms with Crippen molar-refractivity contribution in [1.29, 1.82) is 0 Å². The van der Waals surface area contributed by atoms with Crippen LogP contribution >= 0.6 is 0 Å². The fourth-order valence-corrected chi connectivity index (χ4v) is 3.25. The number of imidazole rings is 1. The maximum absolute atomic E-state index is 9.53. The minimum absolute atomic E-state index is 0.0283. The minimum Gasteiger partial charge on any atom is -0.395 e. The molecule has 0 unspecified atom stereocenters. The van der Waals surface area contributed by atoms with Gasteiger partial charge in [-0.3, -0.25) is 5.10 Å². The van der Waals surface area contributed by atoms with E-state index < -0.39 is 0 Å². The van der Waals surface area contributed by atoms with Crippen LogP contribution in [0.3, 0.4) is 0 Å². The van der Waals surface area contributed by atoms with Gasteiger partial charge in [0.1, 0.15) is 11.3 Å². The molecule has 0 spiro atoms. The molecule has 3 aromatic heterocycles. The van der Waals surface area contributed by atoms with Gasteiger partial charge < -0.3 is 20.7 Å². The summed E-state index contributed by atoms with van der Waals surface area (Å²) < 4.78 is 2.02. The van der Waals surface area contributed by atoms with Crippen molar-refractivity contribution in [2.75, 3.05) is 18.9 Å². The lowest BCUT2D eigenvalue weighted by Crippen LogP contribution is -2.17. The van der Waals surface area contributed by atoms with Crippen LogP contribution in [-0.4, -0.2) is 43.0 Å². The number of hydrogen-bond acceptors (Lipinski definition) is 6. The van der Waals surface area contributed by atoms with E-state index in [0.29, 0.717) is 24.4 Å². The topological polar surface area (TPSA) is 118 Å². The highest BCUT2D eigenvalue weighted by atomic mass is 16.3. The molecular weight excluding hydrogens is 330 g/mol. The van der Waals surface area contributed by atoms with Gasteiger partial charge in [-0.2, -0.15) is 5.10 Å². The molecule has 0 bridgehead atoms. The van der Waals surface area contributed by atoms with Crippen LogP contribution in [0.2, 0.25) is 0 Å². The molecular formula is C18H21N7O. The quantitative estimate of drug-likeness (QED) is 0.420. The first-order valence-corrected chi connectivity index (χ1v) is 8.62. The van der Waals surface area contributed by atoms with Crippen molar-refractivity contribution in [3.63, 3.8) is 0 Å². The number of aliphatic hydroxyl groups is 1. The zero-order valence-electron chi connectivity index (χ0n) is 14.5. The first-order chi connectivity index (χ1) is 12.7. The van der Waals surface area contributed by atoms with Crippen LogP contribution < -0.4 is 11.1 Å². The van der Waals surface area contributed by atoms with Crippen LogP contribution in [0.25, 0.3) is 33.2 Å². The van der Waals surface area contributed by atoms with Gasteiger partial charge in [0.2, 0.25) is 0 Å². The average Bonchev–Trinajstić information content (AvgIpc) is 3.29. The van der Waals surface area contributed by atoms with Gasteiger partial charge in [-0.15, -0.1) is 0 Å². The highest BCUT2D eigenvalue weighted by Crippen LogP contribution is 2.31. The molecule has 4 rings (SSSR count). The van der Waals surface area contributed by atoms with Crippen molar-refractivity contribution in [2.24, 2.45) is 0 Å². The molecule has 8 nitrogen and oxygen atoms in total. The molecule has 0 amide bonds. The van der Waals surface area contributed by atoms with Gasteiger partial charge in [-0.1, -0.05) is 13.0 Å². The Kier molecular flexibility index (Phi) is 4.27. The van der Waals surface area contributed by atoms with Crippen molar-refractivity contribution in [2.45, 2.75) is 20.0 Å². The van der Waals surface area contributed by atoms with E-state index in [1.807, 2.05) is 35.8 Å². The zero-order chi connectivity index (χ0) is 18.1. The summed E-state index contributed by atoms with van der Waals surface area (Å²) in [7, 11) is 0. The van der Waals surface area contributed by atoms with E-state index in [2.05, 4.69) is 25.5 Å². The number of pyridine rings is 1. The Morgan fingerprint density at radius 1 is 1.27 bits per heavy atom. The number of nitrogen functional groups attached to an aromatic ring is 1. The number of benzene rings is 1. The van der Waals surface area contributed by atoms with Gasteiger partial charge in [0.05, 0.1) is 29.9 Å². The standard InChI is InChI=1S/C18H21N7O/c1-2-20-10-15-23-16-17(25(15)7-8-26)12-4-3-11(13-5-6-21-24-13)9-14(12)22-18(16)19/h3-6,9,20,26H,2,7-8,10H2,1H3,(H2,19,22)(H,21,24). The fourth-order valence-electron chi connectivity index (χ4n) is 3.25. The first kappa shape index (κ1) is 16.5. The van der Waals surface area contributed by atoms with Crippen molar-refractivity contribution in [3.8, 4) is 11.3 Å². The molecule has 134 valence electrons. The maximum atomic E-state index is 9.53. The van der Waals surface area contributed by atoms with Gasteiger partial charge in [-0.05, 0) is 24.7 Å². The van der Waals surface area contributed by atoms with Crippen LogP contribution in [0.1, 0.15) is 12.7 Å². The maximum Gasteiger partial charge on any atom is 0.152 e. The van der Waals surface area contributed by atoms with E-state index in [9.17, 15) is 5.11 Å². The number of hydrogen-bond donors (Lipinski definition) is 4. The van der Waals surface area contributed by atoms with Crippen LogP contribution in [0.15, 0.2) is 30.5 Å². The third-order valence-corrected chi connectivity index (χ3v) is 4.45.